The lowest BCUT2D eigenvalue weighted by atomic mass is 9.75. The van der Waals surface area contributed by atoms with Crippen molar-refractivity contribution < 1.29 is 14.3 Å². The van der Waals surface area contributed by atoms with Crippen LogP contribution in [0.25, 0.3) is 0 Å². The minimum absolute atomic E-state index is 0.0605. The summed E-state index contributed by atoms with van der Waals surface area (Å²) in [5.74, 6) is 0.261. The van der Waals surface area contributed by atoms with Gasteiger partial charge in [0.15, 0.2) is 0 Å². The smallest absolute Gasteiger partial charge is 0.316 e. The largest absolute Gasteiger partial charge is 0.465 e. The Bertz CT molecular complexity index is 245. The average molecular weight is 212 g/mol. The number of hydrogen-bond acceptors (Lipinski definition) is 3. The predicted octanol–water partition coefficient (Wildman–Crippen LogP) is 2.19. The lowest BCUT2D eigenvalue weighted by molar-refractivity contribution is -0.153. The molecule has 0 heterocycles. The molecule has 1 saturated carbocycles. The monoisotopic (exact) mass is 212 g/mol. The van der Waals surface area contributed by atoms with E-state index in [0.717, 1.165) is 6.42 Å². The minimum atomic E-state index is -0.494. The minimum Gasteiger partial charge on any atom is -0.465 e. The molecule has 0 aromatic heterocycles. The van der Waals surface area contributed by atoms with E-state index in [-0.39, 0.29) is 11.8 Å². The van der Waals surface area contributed by atoms with Gasteiger partial charge < -0.3 is 4.74 Å². The molecule has 1 fully saturated rings. The molecule has 3 nitrogen and oxygen atoms in total. The van der Waals surface area contributed by atoms with Gasteiger partial charge in [0, 0.05) is 6.42 Å². The van der Waals surface area contributed by atoms with Crippen LogP contribution < -0.4 is 0 Å². The Morgan fingerprint density at radius 2 is 2.20 bits per heavy atom. The van der Waals surface area contributed by atoms with E-state index < -0.39 is 5.92 Å². The van der Waals surface area contributed by atoms with Gasteiger partial charge in [0.1, 0.15) is 11.7 Å². The van der Waals surface area contributed by atoms with Gasteiger partial charge in [0.2, 0.25) is 0 Å². The zero-order chi connectivity index (χ0) is 11.4. The molecular formula is C12H20O3. The Balaban J connectivity index is 2.61. The number of rotatable bonds is 3. The van der Waals surface area contributed by atoms with E-state index in [1.54, 1.807) is 6.92 Å². The van der Waals surface area contributed by atoms with Crippen molar-refractivity contribution in [2.24, 2.45) is 17.8 Å². The zero-order valence-corrected chi connectivity index (χ0v) is 9.79. The van der Waals surface area contributed by atoms with Crippen LogP contribution in [0.4, 0.5) is 0 Å². The summed E-state index contributed by atoms with van der Waals surface area (Å²) >= 11 is 0. The van der Waals surface area contributed by atoms with Crippen LogP contribution in [0.15, 0.2) is 0 Å². The first-order valence-electron chi connectivity index (χ1n) is 5.75. The van der Waals surface area contributed by atoms with Gasteiger partial charge in [0.05, 0.1) is 6.61 Å². The van der Waals surface area contributed by atoms with Gasteiger partial charge >= 0.3 is 5.97 Å². The average Bonchev–Trinajstić information content (AvgIpc) is 2.18. The molecule has 86 valence electrons. The summed E-state index contributed by atoms with van der Waals surface area (Å²) in [4.78, 5) is 23.1. The summed E-state index contributed by atoms with van der Waals surface area (Å²) in [6, 6.07) is 0. The fourth-order valence-corrected chi connectivity index (χ4v) is 2.13. The molecule has 0 aromatic carbocycles. The third-order valence-corrected chi connectivity index (χ3v) is 3.20. The molecule has 2 atom stereocenters. The molecule has 0 aliphatic heterocycles. The van der Waals surface area contributed by atoms with Crippen molar-refractivity contribution in [3.63, 3.8) is 0 Å². The highest BCUT2D eigenvalue weighted by atomic mass is 16.5. The Labute approximate surface area is 91.2 Å². The van der Waals surface area contributed by atoms with Crippen LogP contribution in [0.5, 0.6) is 0 Å². The summed E-state index contributed by atoms with van der Waals surface area (Å²) in [6.45, 7) is 6.41. The first kappa shape index (κ1) is 12.2. The molecule has 3 heteroatoms. The number of hydrogen-bond donors (Lipinski definition) is 0. The van der Waals surface area contributed by atoms with Gasteiger partial charge in [-0.15, -0.1) is 0 Å². The van der Waals surface area contributed by atoms with Crippen LogP contribution >= 0.6 is 0 Å². The van der Waals surface area contributed by atoms with Crippen molar-refractivity contribution in [2.75, 3.05) is 6.61 Å². The Kier molecular flexibility index (Phi) is 4.30. The van der Waals surface area contributed by atoms with E-state index in [9.17, 15) is 9.59 Å². The van der Waals surface area contributed by atoms with Crippen LogP contribution in [0, 0.1) is 17.8 Å². The highest BCUT2D eigenvalue weighted by molar-refractivity contribution is 5.99. The lowest BCUT2D eigenvalue weighted by Gasteiger charge is -2.29. The molecule has 0 amide bonds. The van der Waals surface area contributed by atoms with Gasteiger partial charge in [-0.2, -0.15) is 0 Å². The normalized spacial score (nSPS) is 26.8. The molecule has 1 aliphatic carbocycles. The zero-order valence-electron chi connectivity index (χ0n) is 9.79. The molecule has 15 heavy (non-hydrogen) atoms. The van der Waals surface area contributed by atoms with Crippen LogP contribution in [0.1, 0.15) is 40.0 Å². The molecule has 0 radical (unpaired) electrons. The van der Waals surface area contributed by atoms with Gasteiger partial charge in [-0.25, -0.2) is 0 Å². The Morgan fingerprint density at radius 1 is 1.53 bits per heavy atom. The van der Waals surface area contributed by atoms with Crippen molar-refractivity contribution in [1.29, 1.82) is 0 Å². The first-order chi connectivity index (χ1) is 7.06. The second kappa shape index (κ2) is 5.29. The highest BCUT2D eigenvalue weighted by Crippen LogP contribution is 2.32. The van der Waals surface area contributed by atoms with Gasteiger partial charge in [0.25, 0.3) is 0 Å². The molecule has 0 saturated heterocycles. The molecule has 2 unspecified atom stereocenters. The van der Waals surface area contributed by atoms with E-state index in [1.807, 2.05) is 0 Å². The molecule has 1 aliphatic rings. The predicted molar refractivity (Wildman–Crippen MR) is 57.3 cm³/mol. The van der Waals surface area contributed by atoms with E-state index in [0.29, 0.717) is 31.3 Å². The quantitative estimate of drug-likeness (QED) is 0.532. The van der Waals surface area contributed by atoms with E-state index in [2.05, 4.69) is 13.8 Å². The van der Waals surface area contributed by atoms with Crippen molar-refractivity contribution in [2.45, 2.75) is 40.0 Å². The molecule has 1 rings (SSSR count). The maximum absolute atomic E-state index is 11.6. The van der Waals surface area contributed by atoms with E-state index in [1.165, 1.54) is 0 Å². The van der Waals surface area contributed by atoms with Crippen molar-refractivity contribution in [3.05, 3.63) is 0 Å². The maximum atomic E-state index is 11.6. The van der Waals surface area contributed by atoms with Gasteiger partial charge in [-0.05, 0) is 31.6 Å². The summed E-state index contributed by atoms with van der Waals surface area (Å²) in [5.41, 5.74) is 0. The second-order valence-corrected chi connectivity index (χ2v) is 4.55. The summed E-state index contributed by atoms with van der Waals surface area (Å²) < 4.78 is 4.92. The van der Waals surface area contributed by atoms with Crippen LogP contribution in [0.2, 0.25) is 0 Å². The standard InChI is InChI=1S/C12H20O3/c1-4-15-12(14)10-7-9(8(2)3)5-6-11(10)13/h8-10H,4-7H2,1-3H3. The fraction of sp³-hybridized carbons (Fsp3) is 0.833. The fourth-order valence-electron chi connectivity index (χ4n) is 2.13. The molecule has 0 bridgehead atoms. The van der Waals surface area contributed by atoms with Crippen molar-refractivity contribution >= 4 is 11.8 Å². The van der Waals surface area contributed by atoms with Crippen molar-refractivity contribution in [1.82, 2.24) is 0 Å². The number of carbonyl (C=O) groups excluding carboxylic acids is 2. The topological polar surface area (TPSA) is 43.4 Å². The van der Waals surface area contributed by atoms with Crippen LogP contribution in [0.3, 0.4) is 0 Å². The Hall–Kier alpha value is -0.860. The molecule has 0 N–H and O–H groups in total. The van der Waals surface area contributed by atoms with Crippen molar-refractivity contribution in [3.8, 4) is 0 Å². The molecular weight excluding hydrogens is 192 g/mol. The highest BCUT2D eigenvalue weighted by Gasteiger charge is 2.35. The number of esters is 1. The summed E-state index contributed by atoms with van der Waals surface area (Å²) in [5, 5.41) is 0. The molecule has 0 spiro atoms. The lowest BCUT2D eigenvalue weighted by Crippen LogP contribution is -2.34. The number of ketones is 1. The number of ether oxygens (including phenoxy) is 1. The van der Waals surface area contributed by atoms with E-state index in [4.69, 9.17) is 4.74 Å². The summed E-state index contributed by atoms with van der Waals surface area (Å²) in [7, 11) is 0. The van der Waals surface area contributed by atoms with Gasteiger partial charge in [-0.1, -0.05) is 13.8 Å². The SMILES string of the molecule is CCOC(=O)C1CC(C(C)C)CCC1=O. The Morgan fingerprint density at radius 3 is 2.73 bits per heavy atom. The van der Waals surface area contributed by atoms with Crippen LogP contribution in [-0.2, 0) is 14.3 Å². The third kappa shape index (κ3) is 3.05. The van der Waals surface area contributed by atoms with E-state index >= 15 is 0 Å². The maximum Gasteiger partial charge on any atom is 0.316 e. The summed E-state index contributed by atoms with van der Waals surface area (Å²) in [6.07, 6.45) is 2.13. The van der Waals surface area contributed by atoms with Crippen LogP contribution in [-0.4, -0.2) is 18.4 Å². The van der Waals surface area contributed by atoms with Gasteiger partial charge in [-0.3, -0.25) is 9.59 Å². The first-order valence-corrected chi connectivity index (χ1v) is 5.75. The number of Topliss-reactive ketones (excluding diaryl/α,β-unsaturated/α-hetero) is 1. The second-order valence-electron chi connectivity index (χ2n) is 4.55. The third-order valence-electron chi connectivity index (χ3n) is 3.20. The molecule has 0 aromatic rings. The number of carbonyl (C=O) groups is 2.